The Morgan fingerprint density at radius 2 is 1.03 bits per heavy atom. The van der Waals surface area contributed by atoms with Gasteiger partial charge in [-0.3, -0.25) is 14.5 Å². The van der Waals surface area contributed by atoms with E-state index in [0.717, 1.165) is 58.6 Å². The second-order valence-electron chi connectivity index (χ2n) is 10.1. The van der Waals surface area contributed by atoms with E-state index < -0.39 is 0 Å². The first-order chi connectivity index (χ1) is 18.2. The minimum Gasteiger partial charge on any atom is -0.324 e. The van der Waals surface area contributed by atoms with Gasteiger partial charge in [0.15, 0.2) is 0 Å². The molecule has 0 bridgehead atoms. The van der Waals surface area contributed by atoms with Gasteiger partial charge in [0.05, 0.1) is 13.1 Å². The van der Waals surface area contributed by atoms with Crippen LogP contribution in [0.1, 0.15) is 44.9 Å². The molecule has 2 N–H and O–H groups in total. The van der Waals surface area contributed by atoms with Gasteiger partial charge < -0.3 is 10.6 Å². The van der Waals surface area contributed by atoms with Gasteiger partial charge in [0.2, 0.25) is 11.8 Å². The Hall–Kier alpha value is -3.70. The molecule has 2 amide bonds. The van der Waals surface area contributed by atoms with Crippen LogP contribution in [0.15, 0.2) is 84.9 Å². The number of nitrogens with zero attached hydrogens (tertiary/aromatic N) is 1. The van der Waals surface area contributed by atoms with Crippen LogP contribution in [0.2, 0.25) is 0 Å². The largest absolute Gasteiger partial charge is 0.324 e. The molecule has 37 heavy (non-hydrogen) atoms. The zero-order valence-corrected chi connectivity index (χ0v) is 21.3. The lowest BCUT2D eigenvalue weighted by Gasteiger charge is -2.32. The predicted molar refractivity (Wildman–Crippen MR) is 153 cm³/mol. The third-order valence-corrected chi connectivity index (χ3v) is 7.41. The second-order valence-corrected chi connectivity index (χ2v) is 10.1. The van der Waals surface area contributed by atoms with Crippen molar-refractivity contribution in [3.63, 3.8) is 0 Å². The van der Waals surface area contributed by atoms with Gasteiger partial charge in [0.1, 0.15) is 0 Å². The highest BCUT2D eigenvalue weighted by atomic mass is 16.2. The summed E-state index contributed by atoms with van der Waals surface area (Å²) in [5.41, 5.74) is 1.61. The average molecular weight is 494 g/mol. The van der Waals surface area contributed by atoms with E-state index in [1.54, 1.807) is 0 Å². The van der Waals surface area contributed by atoms with Crippen LogP contribution in [0, 0.1) is 0 Å². The van der Waals surface area contributed by atoms with Crippen molar-refractivity contribution < 1.29 is 9.59 Å². The minimum atomic E-state index is -0.0867. The Morgan fingerprint density at radius 1 is 0.595 bits per heavy atom. The van der Waals surface area contributed by atoms with E-state index in [0.29, 0.717) is 0 Å². The van der Waals surface area contributed by atoms with Crippen LogP contribution in [-0.2, 0) is 9.59 Å². The van der Waals surface area contributed by atoms with Crippen molar-refractivity contribution >= 4 is 44.7 Å². The highest BCUT2D eigenvalue weighted by Crippen LogP contribution is 2.26. The van der Waals surface area contributed by atoms with Crippen molar-refractivity contribution in [2.75, 3.05) is 23.7 Å². The number of carbonyl (C=O) groups excluding carboxylic acids is 2. The van der Waals surface area contributed by atoms with Crippen LogP contribution in [-0.4, -0.2) is 35.8 Å². The lowest BCUT2D eigenvalue weighted by atomic mass is 9.95. The van der Waals surface area contributed by atoms with Crippen LogP contribution in [0.25, 0.3) is 21.5 Å². The maximum atomic E-state index is 13.3. The fraction of sp³-hybridized carbons (Fsp3) is 0.312. The van der Waals surface area contributed by atoms with Gasteiger partial charge in [-0.1, -0.05) is 105 Å². The molecule has 190 valence electrons. The van der Waals surface area contributed by atoms with E-state index in [1.807, 2.05) is 84.9 Å². The summed E-state index contributed by atoms with van der Waals surface area (Å²) in [6.07, 6.45) is 8.01. The summed E-state index contributed by atoms with van der Waals surface area (Å²) in [5, 5.41) is 10.4. The molecule has 0 saturated heterocycles. The van der Waals surface area contributed by atoms with E-state index in [1.165, 1.54) is 19.3 Å². The molecule has 5 heteroatoms. The zero-order chi connectivity index (χ0) is 25.5. The topological polar surface area (TPSA) is 61.4 Å². The number of carbonyl (C=O) groups is 2. The lowest BCUT2D eigenvalue weighted by molar-refractivity contribution is -0.121. The van der Waals surface area contributed by atoms with Crippen molar-refractivity contribution in [2.24, 2.45) is 0 Å². The zero-order valence-electron chi connectivity index (χ0n) is 21.3. The van der Waals surface area contributed by atoms with Crippen LogP contribution in [0.3, 0.4) is 0 Å². The maximum Gasteiger partial charge on any atom is 0.238 e. The maximum absolute atomic E-state index is 13.3. The molecule has 5 nitrogen and oxygen atoms in total. The number of amides is 2. The number of benzene rings is 4. The molecule has 0 heterocycles. The molecule has 1 aliphatic rings. The average Bonchev–Trinajstić information content (AvgIpc) is 2.89. The van der Waals surface area contributed by atoms with Crippen molar-refractivity contribution in [3.05, 3.63) is 84.9 Å². The number of hydrogen-bond donors (Lipinski definition) is 2. The standard InChI is InChI=1S/C32H35N3O2/c36-31(33-29-20-10-14-24-12-6-8-18-27(24)29)22-35(26-16-4-2-1-3-5-17-26)23-32(37)34-30-21-11-15-25-13-7-9-19-28(25)30/h6-15,18-21,26H,1-5,16-17,22-23H2,(H,33,36)(H,34,37). The minimum absolute atomic E-state index is 0.0867. The Morgan fingerprint density at radius 3 is 1.54 bits per heavy atom. The Labute approximate surface area is 218 Å². The first-order valence-corrected chi connectivity index (χ1v) is 13.5. The summed E-state index contributed by atoms with van der Waals surface area (Å²) in [4.78, 5) is 28.7. The Bertz CT molecular complexity index is 1270. The Kier molecular flexibility index (Phi) is 8.11. The molecular formula is C32H35N3O2. The van der Waals surface area contributed by atoms with Gasteiger partial charge in [-0.05, 0) is 35.7 Å². The van der Waals surface area contributed by atoms with Gasteiger partial charge in [-0.25, -0.2) is 0 Å². The molecule has 4 aromatic carbocycles. The molecular weight excluding hydrogens is 458 g/mol. The van der Waals surface area contributed by atoms with E-state index in [-0.39, 0.29) is 30.9 Å². The molecule has 0 unspecified atom stereocenters. The summed E-state index contributed by atoms with van der Waals surface area (Å²) in [6.45, 7) is 0.383. The number of hydrogen-bond acceptors (Lipinski definition) is 3. The van der Waals surface area contributed by atoms with Crippen LogP contribution >= 0.6 is 0 Å². The van der Waals surface area contributed by atoms with E-state index in [2.05, 4.69) is 15.5 Å². The molecule has 5 rings (SSSR count). The molecule has 0 atom stereocenters. The number of fused-ring (bicyclic) bond motifs is 2. The summed E-state index contributed by atoms with van der Waals surface area (Å²) in [7, 11) is 0. The Balaban J connectivity index is 1.32. The molecule has 1 aliphatic carbocycles. The second kappa shape index (κ2) is 12.0. The van der Waals surface area contributed by atoms with Gasteiger partial charge in [0, 0.05) is 28.2 Å². The predicted octanol–water partition coefficient (Wildman–Crippen LogP) is 6.99. The fourth-order valence-corrected chi connectivity index (χ4v) is 5.53. The molecule has 1 fully saturated rings. The van der Waals surface area contributed by atoms with Crippen molar-refractivity contribution in [2.45, 2.75) is 51.0 Å². The third kappa shape index (κ3) is 6.36. The quantitative estimate of drug-likeness (QED) is 0.292. The summed E-state index contributed by atoms with van der Waals surface area (Å²) >= 11 is 0. The van der Waals surface area contributed by atoms with Gasteiger partial charge in [-0.15, -0.1) is 0 Å². The van der Waals surface area contributed by atoms with E-state index in [9.17, 15) is 9.59 Å². The third-order valence-electron chi connectivity index (χ3n) is 7.41. The summed E-state index contributed by atoms with van der Waals surface area (Å²) in [5.74, 6) is -0.173. The first-order valence-electron chi connectivity index (χ1n) is 13.5. The van der Waals surface area contributed by atoms with E-state index >= 15 is 0 Å². The normalized spacial score (nSPS) is 14.8. The van der Waals surface area contributed by atoms with Crippen LogP contribution < -0.4 is 10.6 Å². The fourth-order valence-electron chi connectivity index (χ4n) is 5.53. The van der Waals surface area contributed by atoms with Crippen LogP contribution in [0.5, 0.6) is 0 Å². The van der Waals surface area contributed by atoms with Crippen LogP contribution in [0.4, 0.5) is 11.4 Å². The smallest absolute Gasteiger partial charge is 0.238 e. The van der Waals surface area contributed by atoms with Crippen molar-refractivity contribution in [1.29, 1.82) is 0 Å². The molecule has 0 spiro atoms. The molecule has 4 aromatic rings. The number of rotatable bonds is 7. The lowest BCUT2D eigenvalue weighted by Crippen LogP contribution is -2.45. The van der Waals surface area contributed by atoms with Gasteiger partial charge in [0.25, 0.3) is 0 Å². The highest BCUT2D eigenvalue weighted by molar-refractivity contribution is 6.04. The monoisotopic (exact) mass is 493 g/mol. The summed E-state index contributed by atoms with van der Waals surface area (Å²) < 4.78 is 0. The number of anilines is 2. The number of nitrogens with one attached hydrogen (secondary N) is 2. The highest BCUT2D eigenvalue weighted by Gasteiger charge is 2.24. The van der Waals surface area contributed by atoms with Gasteiger partial charge in [-0.2, -0.15) is 0 Å². The molecule has 0 aromatic heterocycles. The van der Waals surface area contributed by atoms with Gasteiger partial charge >= 0.3 is 0 Å². The molecule has 0 aliphatic heterocycles. The molecule has 1 saturated carbocycles. The van der Waals surface area contributed by atoms with Crippen molar-refractivity contribution in [3.8, 4) is 0 Å². The summed E-state index contributed by atoms with van der Waals surface area (Å²) in [6, 6.07) is 28.2. The van der Waals surface area contributed by atoms with E-state index in [4.69, 9.17) is 0 Å². The molecule has 0 radical (unpaired) electrons. The first kappa shape index (κ1) is 25.0. The van der Waals surface area contributed by atoms with Crippen molar-refractivity contribution in [1.82, 2.24) is 4.90 Å². The SMILES string of the molecule is O=C(CN(CC(=O)Nc1cccc2ccccc12)C1CCCCCCC1)Nc1cccc2ccccc12.